The Morgan fingerprint density at radius 2 is 1.74 bits per heavy atom. The number of nitrogens with one attached hydrogen (secondary N) is 1. The van der Waals surface area contributed by atoms with Gasteiger partial charge in [0, 0.05) is 11.1 Å². The highest BCUT2D eigenvalue weighted by atomic mass is 19.1. The van der Waals surface area contributed by atoms with Crippen LogP contribution in [0.5, 0.6) is 0 Å². The van der Waals surface area contributed by atoms with Crippen LogP contribution in [-0.2, 0) is 6.54 Å². The molecule has 4 nitrogen and oxygen atoms in total. The molecule has 0 radical (unpaired) electrons. The first-order valence-electron chi connectivity index (χ1n) is 7.12. The molecule has 1 aromatic heterocycles. The molecule has 1 N–H and O–H groups in total. The van der Waals surface area contributed by atoms with Gasteiger partial charge in [0.1, 0.15) is 12.1 Å². The van der Waals surface area contributed by atoms with Gasteiger partial charge in [-0.05, 0) is 30.3 Å². The third-order valence-corrected chi connectivity index (χ3v) is 3.33. The van der Waals surface area contributed by atoms with Crippen molar-refractivity contribution in [2.45, 2.75) is 6.54 Å². The molecule has 1 heterocycles. The molecule has 3 aromatic rings. The molecule has 0 unspecified atom stereocenters. The van der Waals surface area contributed by atoms with Crippen LogP contribution in [0.25, 0.3) is 11.3 Å². The monoisotopic (exact) mass is 307 g/mol. The van der Waals surface area contributed by atoms with Gasteiger partial charge >= 0.3 is 0 Å². The van der Waals surface area contributed by atoms with E-state index in [1.165, 1.54) is 30.6 Å². The van der Waals surface area contributed by atoms with Crippen molar-refractivity contribution in [3.63, 3.8) is 0 Å². The van der Waals surface area contributed by atoms with Crippen LogP contribution in [0.2, 0.25) is 0 Å². The topological polar surface area (TPSA) is 54.9 Å². The van der Waals surface area contributed by atoms with E-state index in [4.69, 9.17) is 0 Å². The van der Waals surface area contributed by atoms with Crippen LogP contribution < -0.4 is 5.32 Å². The van der Waals surface area contributed by atoms with Crippen molar-refractivity contribution >= 4 is 5.91 Å². The summed E-state index contributed by atoms with van der Waals surface area (Å²) in [5.41, 5.74) is 2.89. The van der Waals surface area contributed by atoms with Gasteiger partial charge in [0.05, 0.1) is 17.9 Å². The Balaban J connectivity index is 1.69. The van der Waals surface area contributed by atoms with Crippen molar-refractivity contribution in [2.75, 3.05) is 0 Å². The van der Waals surface area contributed by atoms with Crippen molar-refractivity contribution in [1.82, 2.24) is 15.3 Å². The predicted octanol–water partition coefficient (Wildman–Crippen LogP) is 3.21. The van der Waals surface area contributed by atoms with E-state index in [-0.39, 0.29) is 18.3 Å². The number of rotatable bonds is 4. The first-order chi connectivity index (χ1) is 11.2. The Hall–Kier alpha value is -3.08. The maximum absolute atomic E-state index is 12.9. The maximum atomic E-state index is 12.9. The zero-order valence-electron chi connectivity index (χ0n) is 12.2. The van der Waals surface area contributed by atoms with E-state index in [2.05, 4.69) is 15.3 Å². The second-order valence-corrected chi connectivity index (χ2v) is 4.95. The van der Waals surface area contributed by atoms with Crippen molar-refractivity contribution in [2.24, 2.45) is 0 Å². The van der Waals surface area contributed by atoms with Crippen molar-refractivity contribution < 1.29 is 9.18 Å². The van der Waals surface area contributed by atoms with Gasteiger partial charge in [-0.2, -0.15) is 0 Å². The average Bonchev–Trinajstić information content (AvgIpc) is 2.61. The van der Waals surface area contributed by atoms with Crippen LogP contribution in [0.4, 0.5) is 4.39 Å². The second-order valence-electron chi connectivity index (χ2n) is 4.95. The Kier molecular flexibility index (Phi) is 4.38. The molecule has 0 saturated carbocycles. The third kappa shape index (κ3) is 3.77. The van der Waals surface area contributed by atoms with Crippen molar-refractivity contribution in [3.8, 4) is 11.3 Å². The fourth-order valence-electron chi connectivity index (χ4n) is 2.14. The zero-order chi connectivity index (χ0) is 16.1. The number of halogens is 1. The van der Waals surface area contributed by atoms with Gasteiger partial charge in [-0.15, -0.1) is 0 Å². The Labute approximate surface area is 133 Å². The van der Waals surface area contributed by atoms with E-state index in [0.717, 1.165) is 11.3 Å². The minimum absolute atomic E-state index is 0.273. The molecule has 2 aromatic carbocycles. The Morgan fingerprint density at radius 3 is 2.48 bits per heavy atom. The number of benzene rings is 2. The van der Waals surface area contributed by atoms with Crippen LogP contribution in [0, 0.1) is 5.82 Å². The van der Waals surface area contributed by atoms with Gasteiger partial charge in [0.15, 0.2) is 0 Å². The minimum Gasteiger partial charge on any atom is -0.346 e. The van der Waals surface area contributed by atoms with Gasteiger partial charge in [-0.3, -0.25) is 4.79 Å². The molecule has 0 aliphatic rings. The Bertz CT molecular complexity index is 804. The summed E-state index contributed by atoms with van der Waals surface area (Å²) in [7, 11) is 0. The summed E-state index contributed by atoms with van der Waals surface area (Å²) in [5.74, 6) is -0.644. The lowest BCUT2D eigenvalue weighted by molar-refractivity contribution is 0.0950. The standard InChI is InChI=1S/C18H14FN3O/c19-15-8-6-14(7-9-15)18(23)20-11-16-10-17(22-12-21-16)13-4-2-1-3-5-13/h1-10,12H,11H2,(H,20,23). The van der Waals surface area contributed by atoms with E-state index in [1.807, 2.05) is 36.4 Å². The summed E-state index contributed by atoms with van der Waals surface area (Å²) in [4.78, 5) is 20.4. The normalized spacial score (nSPS) is 10.3. The lowest BCUT2D eigenvalue weighted by atomic mass is 10.1. The lowest BCUT2D eigenvalue weighted by Crippen LogP contribution is -2.23. The first-order valence-corrected chi connectivity index (χ1v) is 7.12. The van der Waals surface area contributed by atoms with Gasteiger partial charge in [-0.1, -0.05) is 30.3 Å². The summed E-state index contributed by atoms with van der Waals surface area (Å²) in [6, 6.07) is 17.0. The van der Waals surface area contributed by atoms with E-state index in [1.54, 1.807) is 0 Å². The minimum atomic E-state index is -0.371. The third-order valence-electron chi connectivity index (χ3n) is 3.33. The van der Waals surface area contributed by atoms with Crippen molar-refractivity contribution in [1.29, 1.82) is 0 Å². The molecular formula is C18H14FN3O. The molecule has 23 heavy (non-hydrogen) atoms. The molecule has 0 fully saturated rings. The number of hydrogen-bond donors (Lipinski definition) is 1. The summed E-state index contributed by atoms with van der Waals surface area (Å²) < 4.78 is 12.9. The summed E-state index contributed by atoms with van der Waals surface area (Å²) >= 11 is 0. The molecule has 0 saturated heterocycles. The van der Waals surface area contributed by atoms with E-state index < -0.39 is 0 Å². The molecule has 5 heteroatoms. The molecule has 0 bridgehead atoms. The number of nitrogens with zero attached hydrogens (tertiary/aromatic N) is 2. The van der Waals surface area contributed by atoms with Crippen LogP contribution in [0.15, 0.2) is 67.0 Å². The largest absolute Gasteiger partial charge is 0.346 e. The first kappa shape index (κ1) is 14.8. The van der Waals surface area contributed by atoms with E-state index in [9.17, 15) is 9.18 Å². The highest BCUT2D eigenvalue weighted by Gasteiger charge is 2.07. The molecular weight excluding hydrogens is 293 g/mol. The number of hydrogen-bond acceptors (Lipinski definition) is 3. The van der Waals surface area contributed by atoms with Crippen molar-refractivity contribution in [3.05, 3.63) is 84.1 Å². The van der Waals surface area contributed by atoms with Gasteiger partial charge in [0.25, 0.3) is 5.91 Å². The lowest BCUT2D eigenvalue weighted by Gasteiger charge is -2.06. The summed E-state index contributed by atoms with van der Waals surface area (Å²) in [6.07, 6.45) is 1.47. The Morgan fingerprint density at radius 1 is 1.00 bits per heavy atom. The van der Waals surface area contributed by atoms with Crippen LogP contribution in [0.3, 0.4) is 0 Å². The number of carbonyl (C=O) groups is 1. The summed E-state index contributed by atoms with van der Waals surface area (Å²) in [5, 5.41) is 2.76. The highest BCUT2D eigenvalue weighted by Crippen LogP contribution is 2.16. The quantitative estimate of drug-likeness (QED) is 0.805. The molecule has 0 aliphatic carbocycles. The average molecular weight is 307 g/mol. The smallest absolute Gasteiger partial charge is 0.251 e. The fraction of sp³-hybridized carbons (Fsp3) is 0.0556. The molecule has 0 spiro atoms. The molecule has 114 valence electrons. The molecule has 0 aliphatic heterocycles. The van der Waals surface area contributed by atoms with Gasteiger partial charge in [0.2, 0.25) is 0 Å². The highest BCUT2D eigenvalue weighted by molar-refractivity contribution is 5.94. The molecule has 0 atom stereocenters. The summed E-state index contributed by atoms with van der Waals surface area (Å²) in [6.45, 7) is 0.276. The predicted molar refractivity (Wildman–Crippen MR) is 85.0 cm³/mol. The number of carbonyl (C=O) groups excluding carboxylic acids is 1. The van der Waals surface area contributed by atoms with Crippen LogP contribution in [-0.4, -0.2) is 15.9 Å². The molecule has 1 amide bonds. The SMILES string of the molecule is O=C(NCc1cc(-c2ccccc2)ncn1)c1ccc(F)cc1. The van der Waals surface area contributed by atoms with Gasteiger partial charge in [-0.25, -0.2) is 14.4 Å². The molecule has 3 rings (SSSR count). The van der Waals surface area contributed by atoms with Crippen LogP contribution >= 0.6 is 0 Å². The number of amides is 1. The second kappa shape index (κ2) is 6.79. The van der Waals surface area contributed by atoms with Gasteiger partial charge < -0.3 is 5.32 Å². The zero-order valence-corrected chi connectivity index (χ0v) is 12.2. The van der Waals surface area contributed by atoms with E-state index in [0.29, 0.717) is 11.3 Å². The van der Waals surface area contributed by atoms with E-state index >= 15 is 0 Å². The van der Waals surface area contributed by atoms with Crippen LogP contribution in [0.1, 0.15) is 16.1 Å². The maximum Gasteiger partial charge on any atom is 0.251 e. The fourth-order valence-corrected chi connectivity index (χ4v) is 2.14. The number of aromatic nitrogens is 2.